The topological polar surface area (TPSA) is 67.9 Å². The zero-order chi connectivity index (χ0) is 22.5. The number of ether oxygens (including phenoxy) is 2. The van der Waals surface area contributed by atoms with Crippen LogP contribution in [0.3, 0.4) is 0 Å². The van der Waals surface area contributed by atoms with Crippen molar-refractivity contribution in [2.75, 3.05) is 23.4 Å². The highest BCUT2D eigenvalue weighted by Gasteiger charge is 2.31. The molecular formula is C26H26N2O4. The van der Waals surface area contributed by atoms with Crippen LogP contribution in [-0.4, -0.2) is 31.1 Å². The van der Waals surface area contributed by atoms with E-state index < -0.39 is 6.10 Å². The van der Waals surface area contributed by atoms with Gasteiger partial charge in [0.05, 0.1) is 5.69 Å². The van der Waals surface area contributed by atoms with Gasteiger partial charge in [0.25, 0.3) is 11.8 Å². The second-order valence-electron chi connectivity index (χ2n) is 7.82. The molecule has 1 aliphatic rings. The lowest BCUT2D eigenvalue weighted by Crippen LogP contribution is -2.45. The van der Waals surface area contributed by atoms with Crippen molar-refractivity contribution in [3.8, 4) is 11.5 Å². The fraction of sp³-hybridized carbons (Fsp3) is 0.231. The smallest absolute Gasteiger partial charge is 0.267 e. The molecule has 1 N–H and O–H groups in total. The summed E-state index contributed by atoms with van der Waals surface area (Å²) in [6.45, 7) is 4.19. The molecule has 32 heavy (non-hydrogen) atoms. The van der Waals surface area contributed by atoms with Crippen LogP contribution in [0.4, 0.5) is 11.4 Å². The Hall–Kier alpha value is -3.80. The molecule has 0 aromatic heterocycles. The molecule has 0 radical (unpaired) electrons. The molecule has 0 saturated heterocycles. The molecule has 0 fully saturated rings. The summed E-state index contributed by atoms with van der Waals surface area (Å²) in [5.41, 5.74) is 3.59. The number of fused-ring (bicyclic) bond motifs is 1. The first kappa shape index (κ1) is 21.4. The third-order valence-corrected chi connectivity index (χ3v) is 5.31. The van der Waals surface area contributed by atoms with E-state index in [9.17, 15) is 9.59 Å². The van der Waals surface area contributed by atoms with E-state index in [1.165, 1.54) is 5.56 Å². The number of nitrogens with one attached hydrogen (secondary N) is 1. The summed E-state index contributed by atoms with van der Waals surface area (Å²) in [5, 5.41) is 2.83. The Kier molecular flexibility index (Phi) is 6.40. The Morgan fingerprint density at radius 1 is 1.06 bits per heavy atom. The molecule has 1 heterocycles. The number of rotatable bonds is 7. The van der Waals surface area contributed by atoms with Crippen molar-refractivity contribution >= 4 is 23.2 Å². The van der Waals surface area contributed by atoms with Gasteiger partial charge in [-0.2, -0.15) is 0 Å². The fourth-order valence-corrected chi connectivity index (χ4v) is 3.58. The summed E-state index contributed by atoms with van der Waals surface area (Å²) in [6.07, 6.45) is 0.155. The SMILES string of the molecule is Cc1ccc(OCC(=O)Nc2ccc3c(c2)OC(C)C(=O)N3CCc2ccccc2)cc1. The number of anilines is 2. The van der Waals surface area contributed by atoms with Crippen molar-refractivity contribution in [3.63, 3.8) is 0 Å². The zero-order valence-electron chi connectivity index (χ0n) is 18.2. The highest BCUT2D eigenvalue weighted by molar-refractivity contribution is 6.00. The van der Waals surface area contributed by atoms with Gasteiger partial charge in [0, 0.05) is 18.3 Å². The van der Waals surface area contributed by atoms with E-state index in [1.54, 1.807) is 30.0 Å². The van der Waals surface area contributed by atoms with E-state index in [0.717, 1.165) is 12.0 Å². The molecule has 3 aromatic rings. The third kappa shape index (κ3) is 5.09. The van der Waals surface area contributed by atoms with Crippen molar-refractivity contribution in [2.24, 2.45) is 0 Å². The fourth-order valence-electron chi connectivity index (χ4n) is 3.58. The van der Waals surface area contributed by atoms with E-state index in [2.05, 4.69) is 5.32 Å². The van der Waals surface area contributed by atoms with E-state index in [4.69, 9.17) is 9.47 Å². The van der Waals surface area contributed by atoms with Crippen LogP contribution in [0.5, 0.6) is 11.5 Å². The first-order chi connectivity index (χ1) is 15.5. The molecule has 164 valence electrons. The molecule has 4 rings (SSSR count). The van der Waals surface area contributed by atoms with Crippen LogP contribution < -0.4 is 19.7 Å². The van der Waals surface area contributed by atoms with Gasteiger partial charge < -0.3 is 19.7 Å². The molecule has 0 aliphatic carbocycles. The minimum Gasteiger partial charge on any atom is -0.484 e. The quantitative estimate of drug-likeness (QED) is 0.604. The first-order valence-corrected chi connectivity index (χ1v) is 10.6. The Labute approximate surface area is 187 Å². The lowest BCUT2D eigenvalue weighted by molar-refractivity contribution is -0.125. The minimum absolute atomic E-state index is 0.0725. The van der Waals surface area contributed by atoms with Gasteiger partial charge in [-0.25, -0.2) is 0 Å². The average Bonchev–Trinajstić information content (AvgIpc) is 2.80. The lowest BCUT2D eigenvalue weighted by Gasteiger charge is -2.33. The number of hydrogen-bond donors (Lipinski definition) is 1. The molecule has 0 bridgehead atoms. The third-order valence-electron chi connectivity index (χ3n) is 5.31. The van der Waals surface area contributed by atoms with Crippen LogP contribution in [0.15, 0.2) is 72.8 Å². The summed E-state index contributed by atoms with van der Waals surface area (Å²) in [6, 6.07) is 22.9. The molecule has 1 unspecified atom stereocenters. The molecule has 0 saturated carbocycles. The van der Waals surface area contributed by atoms with Gasteiger partial charge in [-0.3, -0.25) is 9.59 Å². The molecule has 6 heteroatoms. The van der Waals surface area contributed by atoms with Crippen molar-refractivity contribution < 1.29 is 19.1 Å². The summed E-state index contributed by atoms with van der Waals surface area (Å²) in [4.78, 5) is 26.8. The van der Waals surface area contributed by atoms with Crippen LogP contribution in [-0.2, 0) is 16.0 Å². The van der Waals surface area contributed by atoms with E-state index in [0.29, 0.717) is 29.4 Å². The zero-order valence-corrected chi connectivity index (χ0v) is 18.2. The van der Waals surface area contributed by atoms with Crippen LogP contribution in [0.25, 0.3) is 0 Å². The molecule has 0 spiro atoms. The number of amides is 2. The van der Waals surface area contributed by atoms with E-state index in [1.807, 2.05) is 61.5 Å². The summed E-state index contributed by atoms with van der Waals surface area (Å²) < 4.78 is 11.3. The number of carbonyl (C=O) groups is 2. The van der Waals surface area contributed by atoms with Gasteiger partial charge in [-0.1, -0.05) is 48.0 Å². The number of aryl methyl sites for hydroxylation is 1. The Bertz CT molecular complexity index is 1100. The number of benzene rings is 3. The summed E-state index contributed by atoms with van der Waals surface area (Å²) in [7, 11) is 0. The maximum Gasteiger partial charge on any atom is 0.267 e. The standard InChI is InChI=1S/C26H26N2O4/c1-18-8-11-22(12-9-18)31-17-25(29)27-21-10-13-23-24(16-21)32-19(2)26(30)28(23)15-14-20-6-4-3-5-7-20/h3-13,16,19H,14-15,17H2,1-2H3,(H,27,29). The van der Waals surface area contributed by atoms with Crippen LogP contribution >= 0.6 is 0 Å². The highest BCUT2D eigenvalue weighted by Crippen LogP contribution is 2.36. The molecule has 1 atom stereocenters. The van der Waals surface area contributed by atoms with Gasteiger partial charge in [-0.05, 0) is 50.1 Å². The highest BCUT2D eigenvalue weighted by atomic mass is 16.5. The maximum atomic E-state index is 12.7. The van der Waals surface area contributed by atoms with E-state index >= 15 is 0 Å². The number of hydrogen-bond acceptors (Lipinski definition) is 4. The van der Waals surface area contributed by atoms with Crippen molar-refractivity contribution in [1.29, 1.82) is 0 Å². The van der Waals surface area contributed by atoms with Gasteiger partial charge >= 0.3 is 0 Å². The normalized spacial score (nSPS) is 15.0. The Balaban J connectivity index is 1.42. The monoisotopic (exact) mass is 430 g/mol. The van der Waals surface area contributed by atoms with Crippen LogP contribution in [0.2, 0.25) is 0 Å². The predicted molar refractivity (Wildman–Crippen MR) is 124 cm³/mol. The predicted octanol–water partition coefficient (Wildman–Crippen LogP) is 4.37. The van der Waals surface area contributed by atoms with Crippen molar-refractivity contribution in [3.05, 3.63) is 83.9 Å². The van der Waals surface area contributed by atoms with Crippen molar-refractivity contribution in [1.82, 2.24) is 0 Å². The number of carbonyl (C=O) groups excluding carboxylic acids is 2. The second-order valence-corrected chi connectivity index (χ2v) is 7.82. The molecule has 3 aromatic carbocycles. The Morgan fingerprint density at radius 2 is 1.81 bits per heavy atom. The molecule has 2 amide bonds. The molecular weight excluding hydrogens is 404 g/mol. The average molecular weight is 431 g/mol. The summed E-state index contributed by atoms with van der Waals surface area (Å²) in [5.74, 6) is 0.867. The maximum absolute atomic E-state index is 12.7. The second kappa shape index (κ2) is 9.56. The van der Waals surface area contributed by atoms with Crippen LogP contribution in [0.1, 0.15) is 18.1 Å². The minimum atomic E-state index is -0.589. The largest absolute Gasteiger partial charge is 0.484 e. The van der Waals surface area contributed by atoms with E-state index in [-0.39, 0.29) is 18.4 Å². The van der Waals surface area contributed by atoms with Crippen molar-refractivity contribution in [2.45, 2.75) is 26.4 Å². The molecule has 6 nitrogen and oxygen atoms in total. The Morgan fingerprint density at radius 3 is 2.56 bits per heavy atom. The summed E-state index contributed by atoms with van der Waals surface area (Å²) >= 11 is 0. The van der Waals surface area contributed by atoms with Gasteiger partial charge in [-0.15, -0.1) is 0 Å². The molecule has 1 aliphatic heterocycles. The van der Waals surface area contributed by atoms with Crippen LogP contribution in [0, 0.1) is 6.92 Å². The van der Waals surface area contributed by atoms with Gasteiger partial charge in [0.15, 0.2) is 12.7 Å². The lowest BCUT2D eigenvalue weighted by atomic mass is 10.1. The van der Waals surface area contributed by atoms with Gasteiger partial charge in [0.2, 0.25) is 0 Å². The number of nitrogens with zero attached hydrogens (tertiary/aromatic N) is 1. The van der Waals surface area contributed by atoms with Gasteiger partial charge in [0.1, 0.15) is 11.5 Å². The first-order valence-electron chi connectivity index (χ1n) is 10.6.